The largest absolute Gasteiger partial charge is 0.369 e. The van der Waals surface area contributed by atoms with Crippen LogP contribution >= 0.6 is 11.6 Å². The van der Waals surface area contributed by atoms with E-state index in [1.807, 2.05) is 18.2 Å². The topological polar surface area (TPSA) is 35.2 Å². The Labute approximate surface area is 153 Å². The molecule has 1 saturated heterocycles. The fourth-order valence-corrected chi connectivity index (χ4v) is 3.69. The lowest BCUT2D eigenvalue weighted by atomic mass is 10.1. The second kappa shape index (κ2) is 7.06. The van der Waals surface area contributed by atoms with Gasteiger partial charge in [-0.3, -0.25) is 4.90 Å². The van der Waals surface area contributed by atoms with Crippen molar-refractivity contribution in [3.8, 4) is 0 Å². The van der Waals surface area contributed by atoms with Gasteiger partial charge < -0.3 is 9.88 Å². The third-order valence-corrected chi connectivity index (χ3v) is 5.22. The van der Waals surface area contributed by atoms with E-state index in [-0.39, 0.29) is 0 Å². The maximum absolute atomic E-state index is 6.17. The molecule has 1 N–H and O–H groups in total. The fraction of sp³-hybridized carbons (Fsp3) is 0.350. The minimum absolute atomic E-state index is 0.813. The molecule has 4 nitrogen and oxygen atoms in total. The van der Waals surface area contributed by atoms with E-state index in [0.717, 1.165) is 61.0 Å². The lowest BCUT2D eigenvalue weighted by Crippen LogP contribution is -2.47. The van der Waals surface area contributed by atoms with Crippen LogP contribution in [-0.4, -0.2) is 47.6 Å². The van der Waals surface area contributed by atoms with Gasteiger partial charge in [-0.15, -0.1) is 0 Å². The Kier molecular flexibility index (Phi) is 4.64. The number of H-pyrrole nitrogens is 1. The van der Waals surface area contributed by atoms with Crippen LogP contribution in [0.25, 0.3) is 11.0 Å². The second-order valence-electron chi connectivity index (χ2n) is 6.71. The van der Waals surface area contributed by atoms with Gasteiger partial charge in [0, 0.05) is 49.9 Å². The Balaban J connectivity index is 1.33. The standard InChI is InChI=1S/C20H23ClN4/c1-15-6-7-16(21)14-19(15)25-12-10-24(11-13-25)9-8-20-22-17-4-2-3-5-18(17)23-20/h2-7,14H,8-13H2,1H3,(H,22,23). The van der Waals surface area contributed by atoms with Crippen molar-refractivity contribution in [3.05, 3.63) is 58.9 Å². The first-order chi connectivity index (χ1) is 12.2. The van der Waals surface area contributed by atoms with E-state index in [1.165, 1.54) is 11.3 Å². The average Bonchev–Trinajstić information content (AvgIpc) is 3.05. The summed E-state index contributed by atoms with van der Waals surface area (Å²) in [6.45, 7) is 7.43. The van der Waals surface area contributed by atoms with Gasteiger partial charge in [-0.05, 0) is 36.8 Å². The van der Waals surface area contributed by atoms with Crippen LogP contribution in [0.15, 0.2) is 42.5 Å². The lowest BCUT2D eigenvalue weighted by molar-refractivity contribution is 0.259. The molecule has 5 heteroatoms. The molecule has 2 aromatic carbocycles. The summed E-state index contributed by atoms with van der Waals surface area (Å²) in [7, 11) is 0. The summed E-state index contributed by atoms with van der Waals surface area (Å²) >= 11 is 6.17. The van der Waals surface area contributed by atoms with E-state index in [1.54, 1.807) is 0 Å². The zero-order chi connectivity index (χ0) is 17.2. The molecule has 25 heavy (non-hydrogen) atoms. The molecule has 0 unspecified atom stereocenters. The monoisotopic (exact) mass is 354 g/mol. The number of para-hydroxylation sites is 2. The van der Waals surface area contributed by atoms with Gasteiger partial charge in [0.1, 0.15) is 5.82 Å². The summed E-state index contributed by atoms with van der Waals surface area (Å²) in [6.07, 6.45) is 0.963. The van der Waals surface area contributed by atoms with Crippen molar-refractivity contribution < 1.29 is 0 Å². The smallest absolute Gasteiger partial charge is 0.108 e. The van der Waals surface area contributed by atoms with Crippen LogP contribution in [0.2, 0.25) is 5.02 Å². The van der Waals surface area contributed by atoms with E-state index in [4.69, 9.17) is 11.6 Å². The van der Waals surface area contributed by atoms with Gasteiger partial charge >= 0.3 is 0 Å². The van der Waals surface area contributed by atoms with Crippen molar-refractivity contribution in [1.82, 2.24) is 14.9 Å². The average molecular weight is 355 g/mol. The van der Waals surface area contributed by atoms with E-state index in [9.17, 15) is 0 Å². The molecule has 0 aliphatic carbocycles. The highest BCUT2D eigenvalue weighted by molar-refractivity contribution is 6.30. The number of hydrogen-bond donors (Lipinski definition) is 1. The van der Waals surface area contributed by atoms with Crippen LogP contribution in [0, 0.1) is 6.92 Å². The third kappa shape index (κ3) is 3.65. The SMILES string of the molecule is Cc1ccc(Cl)cc1N1CCN(CCc2nc3ccccc3[nH]2)CC1. The van der Waals surface area contributed by atoms with Gasteiger partial charge in [0.05, 0.1) is 11.0 Å². The number of nitrogens with one attached hydrogen (secondary N) is 1. The molecule has 2 heterocycles. The van der Waals surface area contributed by atoms with Crippen molar-refractivity contribution in [2.24, 2.45) is 0 Å². The number of aryl methyl sites for hydroxylation is 1. The summed E-state index contributed by atoms with van der Waals surface area (Å²) in [4.78, 5) is 13.1. The molecule has 130 valence electrons. The van der Waals surface area contributed by atoms with Crippen molar-refractivity contribution in [2.75, 3.05) is 37.6 Å². The minimum atomic E-state index is 0.813. The number of imidazole rings is 1. The molecule has 0 saturated carbocycles. The predicted molar refractivity (Wildman–Crippen MR) is 105 cm³/mol. The third-order valence-electron chi connectivity index (χ3n) is 4.99. The van der Waals surface area contributed by atoms with Crippen LogP contribution in [-0.2, 0) is 6.42 Å². The second-order valence-corrected chi connectivity index (χ2v) is 7.15. The number of fused-ring (bicyclic) bond motifs is 1. The molecule has 4 rings (SSSR count). The zero-order valence-electron chi connectivity index (χ0n) is 14.5. The molecular weight excluding hydrogens is 332 g/mol. The highest BCUT2D eigenvalue weighted by Crippen LogP contribution is 2.25. The Hall–Kier alpha value is -2.04. The number of anilines is 1. The van der Waals surface area contributed by atoms with Gasteiger partial charge in [-0.25, -0.2) is 4.98 Å². The Bertz CT molecular complexity index is 832. The van der Waals surface area contributed by atoms with Crippen LogP contribution in [0.3, 0.4) is 0 Å². The van der Waals surface area contributed by atoms with Crippen LogP contribution in [0.5, 0.6) is 0 Å². The first-order valence-electron chi connectivity index (χ1n) is 8.86. The number of aromatic nitrogens is 2. The van der Waals surface area contributed by atoms with Gasteiger partial charge in [0.2, 0.25) is 0 Å². The molecule has 3 aromatic rings. The van der Waals surface area contributed by atoms with Gasteiger partial charge in [0.15, 0.2) is 0 Å². The van der Waals surface area contributed by atoms with Crippen molar-refractivity contribution >= 4 is 28.3 Å². The van der Waals surface area contributed by atoms with Crippen molar-refractivity contribution in [3.63, 3.8) is 0 Å². The number of aromatic amines is 1. The van der Waals surface area contributed by atoms with Crippen molar-refractivity contribution in [1.29, 1.82) is 0 Å². The Morgan fingerprint density at radius 3 is 2.68 bits per heavy atom. The van der Waals surface area contributed by atoms with Gasteiger partial charge in [-0.1, -0.05) is 29.8 Å². The molecule has 1 aliphatic rings. The van der Waals surface area contributed by atoms with Gasteiger partial charge in [-0.2, -0.15) is 0 Å². The van der Waals surface area contributed by atoms with E-state index in [2.05, 4.69) is 51.0 Å². The number of hydrogen-bond acceptors (Lipinski definition) is 3. The minimum Gasteiger partial charge on any atom is -0.369 e. The first-order valence-corrected chi connectivity index (χ1v) is 9.24. The molecule has 0 radical (unpaired) electrons. The first kappa shape index (κ1) is 16.4. The molecule has 0 atom stereocenters. The number of rotatable bonds is 4. The quantitative estimate of drug-likeness (QED) is 0.772. The highest BCUT2D eigenvalue weighted by Gasteiger charge is 2.18. The van der Waals surface area contributed by atoms with Crippen LogP contribution in [0.4, 0.5) is 5.69 Å². The van der Waals surface area contributed by atoms with E-state index < -0.39 is 0 Å². The summed E-state index contributed by atoms with van der Waals surface area (Å²) in [5.41, 5.74) is 4.74. The predicted octanol–water partition coefficient (Wildman–Crippen LogP) is 3.89. The highest BCUT2D eigenvalue weighted by atomic mass is 35.5. The van der Waals surface area contributed by atoms with E-state index in [0.29, 0.717) is 0 Å². The van der Waals surface area contributed by atoms with E-state index >= 15 is 0 Å². The maximum Gasteiger partial charge on any atom is 0.108 e. The number of nitrogens with zero attached hydrogens (tertiary/aromatic N) is 3. The summed E-state index contributed by atoms with van der Waals surface area (Å²) < 4.78 is 0. The Morgan fingerprint density at radius 2 is 1.88 bits per heavy atom. The van der Waals surface area contributed by atoms with Crippen LogP contribution < -0.4 is 4.90 Å². The van der Waals surface area contributed by atoms with Crippen LogP contribution in [0.1, 0.15) is 11.4 Å². The molecular formula is C20H23ClN4. The molecule has 1 aliphatic heterocycles. The summed E-state index contributed by atoms with van der Waals surface area (Å²) in [6, 6.07) is 14.4. The number of halogens is 1. The number of benzene rings is 2. The molecule has 0 spiro atoms. The molecule has 1 aromatic heterocycles. The normalized spacial score (nSPS) is 15.8. The lowest BCUT2D eigenvalue weighted by Gasteiger charge is -2.36. The van der Waals surface area contributed by atoms with Gasteiger partial charge in [0.25, 0.3) is 0 Å². The van der Waals surface area contributed by atoms with Crippen molar-refractivity contribution in [2.45, 2.75) is 13.3 Å². The fourth-order valence-electron chi connectivity index (χ4n) is 3.52. The molecule has 0 bridgehead atoms. The molecule has 1 fully saturated rings. The maximum atomic E-state index is 6.17. The Morgan fingerprint density at radius 1 is 1.08 bits per heavy atom. The zero-order valence-corrected chi connectivity index (χ0v) is 15.3. The number of piperazine rings is 1. The molecule has 0 amide bonds. The summed E-state index contributed by atoms with van der Waals surface area (Å²) in [5.74, 6) is 1.08. The summed E-state index contributed by atoms with van der Waals surface area (Å²) in [5, 5.41) is 0.813.